The van der Waals surface area contributed by atoms with E-state index in [-0.39, 0.29) is 0 Å². The van der Waals surface area contributed by atoms with Crippen LogP contribution in [0.4, 0.5) is 0 Å². The molecule has 0 N–H and O–H groups in total. The minimum Gasteiger partial charge on any atom is -0.286 e. The summed E-state index contributed by atoms with van der Waals surface area (Å²) in [6, 6.07) is 0.423. The Morgan fingerprint density at radius 1 is 1.55 bits per heavy atom. The molecule has 3 heteroatoms. The summed E-state index contributed by atoms with van der Waals surface area (Å²) >= 11 is 1.83. The molecule has 0 saturated heterocycles. The summed E-state index contributed by atoms with van der Waals surface area (Å²) in [5.74, 6) is 1.07. The summed E-state index contributed by atoms with van der Waals surface area (Å²) < 4.78 is 0. The van der Waals surface area contributed by atoms with Gasteiger partial charge in [-0.1, -0.05) is 6.08 Å². The van der Waals surface area contributed by atoms with Gasteiger partial charge in [0, 0.05) is 18.4 Å². The summed E-state index contributed by atoms with van der Waals surface area (Å²) in [5, 5.41) is 2.16. The van der Waals surface area contributed by atoms with E-state index in [1.54, 1.807) is 0 Å². The average Bonchev–Trinajstić information content (AvgIpc) is 2.21. The van der Waals surface area contributed by atoms with Gasteiger partial charge in [-0.2, -0.15) is 0 Å². The van der Waals surface area contributed by atoms with Crippen molar-refractivity contribution >= 4 is 23.7 Å². The van der Waals surface area contributed by atoms with Gasteiger partial charge in [0.2, 0.25) is 0 Å². The van der Waals surface area contributed by atoms with Gasteiger partial charge in [-0.25, -0.2) is 0 Å². The van der Waals surface area contributed by atoms with E-state index in [9.17, 15) is 0 Å². The van der Waals surface area contributed by atoms with Crippen LogP contribution in [0.3, 0.4) is 0 Å². The van der Waals surface area contributed by atoms with Crippen molar-refractivity contribution in [3.63, 3.8) is 0 Å². The van der Waals surface area contributed by atoms with Crippen molar-refractivity contribution in [3.05, 3.63) is 11.5 Å². The number of hydrogen-bond acceptors (Lipinski definition) is 3. The Hall–Kier alpha value is -0.570. The molecule has 0 saturated carbocycles. The highest BCUT2D eigenvalue weighted by Gasteiger charge is 2.10. The van der Waals surface area contributed by atoms with Crippen LogP contribution in [0.1, 0.15) is 6.42 Å². The smallest absolute Gasteiger partial charge is 0.0789 e. The van der Waals surface area contributed by atoms with Gasteiger partial charge >= 0.3 is 0 Å². The maximum absolute atomic E-state index is 4.41. The first kappa shape index (κ1) is 7.10. The third-order valence-electron chi connectivity index (χ3n) is 1.75. The van der Waals surface area contributed by atoms with Crippen LogP contribution in [0.5, 0.6) is 0 Å². The molecule has 0 spiro atoms. The van der Waals surface area contributed by atoms with E-state index in [2.05, 4.69) is 21.5 Å². The SMILES string of the molecule is C1=CSCC2CN=C(C=N2)C1. The fraction of sp³-hybridized carbons (Fsp3) is 0.500. The molecule has 3 aliphatic rings. The van der Waals surface area contributed by atoms with E-state index in [0.29, 0.717) is 6.04 Å². The molecule has 11 heavy (non-hydrogen) atoms. The lowest BCUT2D eigenvalue weighted by molar-refractivity contribution is 0.763. The number of nitrogens with zero attached hydrogens (tertiary/aromatic N) is 2. The van der Waals surface area contributed by atoms with Crippen LogP contribution in [0, 0.1) is 0 Å². The van der Waals surface area contributed by atoms with Crippen molar-refractivity contribution in [2.24, 2.45) is 9.98 Å². The van der Waals surface area contributed by atoms with Crippen LogP contribution < -0.4 is 0 Å². The predicted molar refractivity (Wildman–Crippen MR) is 50.8 cm³/mol. The van der Waals surface area contributed by atoms with E-state index in [1.807, 2.05) is 18.0 Å². The maximum Gasteiger partial charge on any atom is 0.0789 e. The number of aliphatic imine (C=N–C) groups is 2. The lowest BCUT2D eigenvalue weighted by atomic mass is 10.2. The van der Waals surface area contributed by atoms with Crippen molar-refractivity contribution in [1.29, 1.82) is 0 Å². The highest BCUT2D eigenvalue weighted by Crippen LogP contribution is 2.13. The van der Waals surface area contributed by atoms with E-state index in [0.717, 1.165) is 24.4 Å². The fourth-order valence-electron chi connectivity index (χ4n) is 1.12. The van der Waals surface area contributed by atoms with E-state index < -0.39 is 0 Å². The minimum atomic E-state index is 0.423. The Labute approximate surface area is 70.5 Å². The van der Waals surface area contributed by atoms with Crippen LogP contribution in [-0.4, -0.2) is 30.3 Å². The quantitative estimate of drug-likeness (QED) is 0.535. The van der Waals surface area contributed by atoms with Crippen molar-refractivity contribution in [2.75, 3.05) is 12.3 Å². The largest absolute Gasteiger partial charge is 0.286 e. The third kappa shape index (κ3) is 1.71. The minimum absolute atomic E-state index is 0.423. The highest BCUT2D eigenvalue weighted by molar-refractivity contribution is 8.02. The molecule has 0 aromatic heterocycles. The van der Waals surface area contributed by atoms with Crippen LogP contribution >= 0.6 is 11.8 Å². The zero-order valence-corrected chi connectivity index (χ0v) is 7.05. The van der Waals surface area contributed by atoms with Gasteiger partial charge in [-0.15, -0.1) is 11.8 Å². The Kier molecular flexibility index (Phi) is 2.08. The molecule has 1 unspecified atom stereocenters. The molecule has 1 atom stereocenters. The zero-order chi connectivity index (χ0) is 7.52. The normalized spacial score (nSPS) is 29.1. The summed E-state index contributed by atoms with van der Waals surface area (Å²) in [4.78, 5) is 8.81. The topological polar surface area (TPSA) is 24.7 Å². The maximum atomic E-state index is 4.41. The summed E-state index contributed by atoms with van der Waals surface area (Å²) in [7, 11) is 0. The number of thioether (sulfide) groups is 1. The summed E-state index contributed by atoms with van der Waals surface area (Å²) in [6.45, 7) is 0.889. The molecule has 0 radical (unpaired) electrons. The third-order valence-corrected chi connectivity index (χ3v) is 2.71. The zero-order valence-electron chi connectivity index (χ0n) is 6.23. The molecule has 3 heterocycles. The van der Waals surface area contributed by atoms with Crippen molar-refractivity contribution in [3.8, 4) is 0 Å². The van der Waals surface area contributed by atoms with E-state index in [1.165, 1.54) is 0 Å². The van der Waals surface area contributed by atoms with Crippen LogP contribution in [-0.2, 0) is 0 Å². The standard InChI is InChI=1S/C8H10N2S/c1-2-7-4-10-8(5-9-7)6-11-3-1/h1,3-4,8H,2,5-6H2. The Balaban J connectivity index is 2.17. The fourth-order valence-corrected chi connectivity index (χ4v) is 1.88. The summed E-state index contributed by atoms with van der Waals surface area (Å²) in [5.41, 5.74) is 1.13. The molecule has 0 aromatic carbocycles. The Morgan fingerprint density at radius 2 is 2.55 bits per heavy atom. The second-order valence-corrected chi connectivity index (χ2v) is 3.61. The van der Waals surface area contributed by atoms with Crippen molar-refractivity contribution < 1.29 is 0 Å². The molecule has 2 nitrogen and oxygen atoms in total. The number of hydrogen-bond donors (Lipinski definition) is 0. The Bertz CT molecular complexity index is 230. The van der Waals surface area contributed by atoms with Crippen molar-refractivity contribution in [2.45, 2.75) is 12.5 Å². The van der Waals surface area contributed by atoms with Gasteiger partial charge in [-0.05, 0) is 5.41 Å². The van der Waals surface area contributed by atoms with E-state index in [4.69, 9.17) is 0 Å². The molecular formula is C8H10N2S. The number of allylic oxidation sites excluding steroid dienone is 1. The second kappa shape index (κ2) is 3.22. The van der Waals surface area contributed by atoms with Gasteiger partial charge < -0.3 is 0 Å². The molecule has 0 fully saturated rings. The monoisotopic (exact) mass is 166 g/mol. The summed E-state index contributed by atoms with van der Waals surface area (Å²) in [6.07, 6.45) is 5.02. The Morgan fingerprint density at radius 3 is 3.36 bits per heavy atom. The van der Waals surface area contributed by atoms with Crippen LogP contribution in [0.2, 0.25) is 0 Å². The van der Waals surface area contributed by atoms with E-state index >= 15 is 0 Å². The second-order valence-electron chi connectivity index (χ2n) is 2.67. The lowest BCUT2D eigenvalue weighted by Gasteiger charge is -2.11. The van der Waals surface area contributed by atoms with Gasteiger partial charge in [-0.3, -0.25) is 9.98 Å². The van der Waals surface area contributed by atoms with Gasteiger partial charge in [0.25, 0.3) is 0 Å². The molecule has 0 amide bonds. The first-order valence-electron chi connectivity index (χ1n) is 3.78. The molecule has 0 aliphatic carbocycles. The van der Waals surface area contributed by atoms with Gasteiger partial charge in [0.15, 0.2) is 0 Å². The molecule has 3 aliphatic heterocycles. The van der Waals surface area contributed by atoms with Crippen LogP contribution in [0.25, 0.3) is 0 Å². The molecule has 3 rings (SSSR count). The van der Waals surface area contributed by atoms with Gasteiger partial charge in [0.1, 0.15) is 0 Å². The van der Waals surface area contributed by atoms with Gasteiger partial charge in [0.05, 0.1) is 18.3 Å². The number of rotatable bonds is 0. The molecular weight excluding hydrogens is 156 g/mol. The number of fused-ring (bicyclic) bond motifs is 4. The molecule has 0 aromatic rings. The molecule has 58 valence electrons. The first-order chi connectivity index (χ1) is 5.45. The molecule has 2 bridgehead atoms. The average molecular weight is 166 g/mol. The van der Waals surface area contributed by atoms with Crippen LogP contribution in [0.15, 0.2) is 21.5 Å². The van der Waals surface area contributed by atoms with Crippen molar-refractivity contribution in [1.82, 2.24) is 0 Å². The highest BCUT2D eigenvalue weighted by atomic mass is 32.2. The lowest BCUT2D eigenvalue weighted by Crippen LogP contribution is -2.19. The first-order valence-corrected chi connectivity index (χ1v) is 4.83. The predicted octanol–water partition coefficient (Wildman–Crippen LogP) is 1.53.